The Labute approximate surface area is 97.8 Å². The Bertz CT molecular complexity index is 512. The summed E-state index contributed by atoms with van der Waals surface area (Å²) in [5.41, 5.74) is 0. The van der Waals surface area contributed by atoms with Gasteiger partial charge >= 0.3 is 0 Å². The SMILES string of the molecule is O=S(=O)(c1cc(F)ccc1F)N1CCCCO1. The van der Waals surface area contributed by atoms with E-state index in [0.717, 1.165) is 18.6 Å². The lowest BCUT2D eigenvalue weighted by molar-refractivity contribution is -0.109. The lowest BCUT2D eigenvalue weighted by atomic mass is 10.3. The summed E-state index contributed by atoms with van der Waals surface area (Å²) in [6, 6.07) is 2.31. The molecule has 0 bridgehead atoms. The van der Waals surface area contributed by atoms with E-state index in [9.17, 15) is 17.2 Å². The van der Waals surface area contributed by atoms with Crippen LogP contribution in [0.25, 0.3) is 0 Å². The van der Waals surface area contributed by atoms with Crippen LogP contribution < -0.4 is 0 Å². The number of hydroxylamine groups is 1. The fourth-order valence-corrected chi connectivity index (χ4v) is 2.93. The highest BCUT2D eigenvalue weighted by molar-refractivity contribution is 7.89. The maximum Gasteiger partial charge on any atom is 0.268 e. The van der Waals surface area contributed by atoms with Gasteiger partial charge in [0.05, 0.1) is 6.61 Å². The largest absolute Gasteiger partial charge is 0.284 e. The van der Waals surface area contributed by atoms with Crippen molar-refractivity contribution >= 4 is 10.0 Å². The van der Waals surface area contributed by atoms with E-state index in [1.807, 2.05) is 0 Å². The quantitative estimate of drug-likeness (QED) is 0.815. The molecule has 1 aromatic carbocycles. The number of benzene rings is 1. The normalized spacial score (nSPS) is 18.2. The Hall–Kier alpha value is -1.05. The van der Waals surface area contributed by atoms with Crippen molar-refractivity contribution in [3.63, 3.8) is 0 Å². The Balaban J connectivity index is 2.40. The van der Waals surface area contributed by atoms with Crippen molar-refractivity contribution in [3.05, 3.63) is 29.8 Å². The van der Waals surface area contributed by atoms with E-state index >= 15 is 0 Å². The van der Waals surface area contributed by atoms with E-state index in [-0.39, 0.29) is 13.2 Å². The van der Waals surface area contributed by atoms with Gasteiger partial charge in [-0.3, -0.25) is 4.84 Å². The molecule has 0 radical (unpaired) electrons. The average Bonchev–Trinajstić information content (AvgIpc) is 2.33. The first-order valence-electron chi connectivity index (χ1n) is 5.12. The summed E-state index contributed by atoms with van der Waals surface area (Å²) in [5.74, 6) is -1.79. The van der Waals surface area contributed by atoms with Gasteiger partial charge < -0.3 is 0 Å². The van der Waals surface area contributed by atoms with Gasteiger partial charge in [0, 0.05) is 6.54 Å². The van der Waals surface area contributed by atoms with Crippen LogP contribution in [0.3, 0.4) is 0 Å². The van der Waals surface area contributed by atoms with Crippen LogP contribution in [0.4, 0.5) is 8.78 Å². The second-order valence-corrected chi connectivity index (χ2v) is 5.44. The smallest absolute Gasteiger partial charge is 0.268 e. The van der Waals surface area contributed by atoms with E-state index in [1.165, 1.54) is 0 Å². The summed E-state index contributed by atoms with van der Waals surface area (Å²) in [4.78, 5) is 4.25. The van der Waals surface area contributed by atoms with Crippen LogP contribution in [0.1, 0.15) is 12.8 Å². The lowest BCUT2D eigenvalue weighted by Crippen LogP contribution is -2.36. The molecule has 0 spiro atoms. The highest BCUT2D eigenvalue weighted by Crippen LogP contribution is 2.22. The van der Waals surface area contributed by atoms with Crippen LogP contribution in [0.5, 0.6) is 0 Å². The van der Waals surface area contributed by atoms with Crippen molar-refractivity contribution < 1.29 is 22.0 Å². The highest BCUT2D eigenvalue weighted by Gasteiger charge is 2.30. The van der Waals surface area contributed by atoms with Gasteiger partial charge in [0.25, 0.3) is 10.0 Å². The lowest BCUT2D eigenvalue weighted by Gasteiger charge is -2.25. The second-order valence-electron chi connectivity index (χ2n) is 3.65. The molecule has 1 aromatic rings. The van der Waals surface area contributed by atoms with E-state index in [1.54, 1.807) is 0 Å². The predicted octanol–water partition coefficient (Wildman–Crippen LogP) is 1.68. The molecule has 0 saturated carbocycles. The Kier molecular flexibility index (Phi) is 3.41. The number of rotatable bonds is 2. The standard InChI is InChI=1S/C10H11F2NO3S/c11-8-3-4-9(12)10(7-8)17(14,15)13-5-1-2-6-16-13/h3-4,7H,1-2,5-6H2. The molecule has 0 amide bonds. The molecule has 1 aliphatic heterocycles. The summed E-state index contributed by atoms with van der Waals surface area (Å²) in [7, 11) is -4.12. The maximum atomic E-state index is 13.4. The third-order valence-electron chi connectivity index (χ3n) is 2.41. The number of hydrogen-bond donors (Lipinski definition) is 0. The van der Waals surface area contributed by atoms with Crippen LogP contribution in [-0.2, 0) is 14.9 Å². The van der Waals surface area contributed by atoms with Crippen LogP contribution in [-0.4, -0.2) is 26.0 Å². The number of hydrogen-bond acceptors (Lipinski definition) is 3. The fraction of sp³-hybridized carbons (Fsp3) is 0.400. The Morgan fingerprint density at radius 2 is 2.00 bits per heavy atom. The Morgan fingerprint density at radius 3 is 2.65 bits per heavy atom. The molecule has 0 unspecified atom stereocenters. The van der Waals surface area contributed by atoms with Crippen molar-refractivity contribution in [2.24, 2.45) is 0 Å². The van der Waals surface area contributed by atoms with Crippen LogP contribution in [0.2, 0.25) is 0 Å². The minimum absolute atomic E-state index is 0.151. The molecule has 0 aromatic heterocycles. The first-order chi connectivity index (χ1) is 8.01. The van der Waals surface area contributed by atoms with Crippen molar-refractivity contribution in [2.75, 3.05) is 13.2 Å². The van der Waals surface area contributed by atoms with Gasteiger partial charge in [0.1, 0.15) is 16.5 Å². The molecule has 0 aliphatic carbocycles. The van der Waals surface area contributed by atoms with Gasteiger partial charge in [-0.2, -0.15) is 0 Å². The molecule has 94 valence electrons. The molecular formula is C10H11F2NO3S. The van der Waals surface area contributed by atoms with E-state index in [2.05, 4.69) is 0 Å². The minimum Gasteiger partial charge on any atom is -0.284 e. The zero-order valence-electron chi connectivity index (χ0n) is 8.90. The fourth-order valence-electron chi connectivity index (χ4n) is 1.55. The molecule has 4 nitrogen and oxygen atoms in total. The predicted molar refractivity (Wildman–Crippen MR) is 55.4 cm³/mol. The van der Waals surface area contributed by atoms with Crippen LogP contribution >= 0.6 is 0 Å². The molecular weight excluding hydrogens is 252 g/mol. The van der Waals surface area contributed by atoms with Gasteiger partial charge in [0.15, 0.2) is 0 Å². The summed E-state index contributed by atoms with van der Waals surface area (Å²) in [6.45, 7) is 0.411. The van der Waals surface area contributed by atoms with Crippen molar-refractivity contribution in [2.45, 2.75) is 17.7 Å². The Morgan fingerprint density at radius 1 is 1.24 bits per heavy atom. The third kappa shape index (κ3) is 2.46. The number of halogens is 2. The van der Waals surface area contributed by atoms with Gasteiger partial charge in [-0.1, -0.05) is 4.47 Å². The zero-order valence-corrected chi connectivity index (χ0v) is 9.71. The minimum atomic E-state index is -4.12. The molecule has 0 N–H and O–H groups in total. The summed E-state index contributed by atoms with van der Waals surface area (Å²) >= 11 is 0. The molecule has 0 atom stereocenters. The molecule has 1 heterocycles. The molecule has 17 heavy (non-hydrogen) atoms. The third-order valence-corrected chi connectivity index (χ3v) is 4.10. The van der Waals surface area contributed by atoms with E-state index in [4.69, 9.17) is 4.84 Å². The first-order valence-corrected chi connectivity index (χ1v) is 6.56. The molecule has 1 saturated heterocycles. The average molecular weight is 263 g/mol. The van der Waals surface area contributed by atoms with Crippen LogP contribution in [0, 0.1) is 11.6 Å². The summed E-state index contributed by atoms with van der Waals surface area (Å²) in [5, 5.41) is 0. The number of sulfonamides is 1. The molecule has 2 rings (SSSR count). The van der Waals surface area contributed by atoms with Gasteiger partial charge in [-0.15, -0.1) is 0 Å². The monoisotopic (exact) mass is 263 g/mol. The van der Waals surface area contributed by atoms with Gasteiger partial charge in [-0.25, -0.2) is 17.2 Å². The highest BCUT2D eigenvalue weighted by atomic mass is 32.2. The van der Waals surface area contributed by atoms with Crippen molar-refractivity contribution in [1.82, 2.24) is 4.47 Å². The first kappa shape index (κ1) is 12.4. The van der Waals surface area contributed by atoms with Gasteiger partial charge in [0.2, 0.25) is 0 Å². The maximum absolute atomic E-state index is 13.4. The molecule has 7 heteroatoms. The second kappa shape index (κ2) is 4.67. The van der Waals surface area contributed by atoms with E-state index < -0.39 is 26.6 Å². The summed E-state index contributed by atoms with van der Waals surface area (Å²) in [6.07, 6.45) is 1.38. The zero-order chi connectivity index (χ0) is 12.5. The van der Waals surface area contributed by atoms with E-state index in [0.29, 0.717) is 17.0 Å². The topological polar surface area (TPSA) is 46.6 Å². The molecule has 1 fully saturated rings. The van der Waals surface area contributed by atoms with Gasteiger partial charge in [-0.05, 0) is 31.0 Å². The summed E-state index contributed by atoms with van der Waals surface area (Å²) < 4.78 is 51.0. The molecule has 1 aliphatic rings. The van der Waals surface area contributed by atoms with Crippen LogP contribution in [0.15, 0.2) is 23.1 Å². The van der Waals surface area contributed by atoms with Crippen molar-refractivity contribution in [1.29, 1.82) is 0 Å². The number of nitrogens with zero attached hydrogens (tertiary/aromatic N) is 1. The van der Waals surface area contributed by atoms with Crippen molar-refractivity contribution in [3.8, 4) is 0 Å².